The molecule has 0 aliphatic carbocycles. The van der Waals surface area contributed by atoms with Crippen LogP contribution in [0.2, 0.25) is 0 Å². The molecule has 1 aromatic carbocycles. The fourth-order valence-electron chi connectivity index (χ4n) is 1.69. The number of anilines is 2. The molecule has 0 aromatic heterocycles. The van der Waals surface area contributed by atoms with Crippen LogP contribution in [-0.2, 0) is 10.0 Å². The highest BCUT2D eigenvalue weighted by Crippen LogP contribution is 2.25. The molecule has 0 saturated heterocycles. The maximum Gasteiger partial charge on any atom is 0.389 e. The van der Waals surface area contributed by atoms with Crippen LogP contribution in [0.1, 0.15) is 19.3 Å². The molecule has 0 amide bonds. The minimum atomic E-state index is -4.16. The van der Waals surface area contributed by atoms with Gasteiger partial charge in [-0.1, -0.05) is 0 Å². The lowest BCUT2D eigenvalue weighted by atomic mass is 10.2. The van der Waals surface area contributed by atoms with Gasteiger partial charge in [-0.3, -0.25) is 0 Å². The zero-order chi connectivity index (χ0) is 16.1. The number of nitrogens with two attached hydrogens (primary N) is 1. The van der Waals surface area contributed by atoms with Crippen molar-refractivity contribution < 1.29 is 21.6 Å². The average molecular weight is 325 g/mol. The predicted molar refractivity (Wildman–Crippen MR) is 75.5 cm³/mol. The van der Waals surface area contributed by atoms with Crippen LogP contribution >= 0.6 is 0 Å². The summed E-state index contributed by atoms with van der Waals surface area (Å²) >= 11 is 0. The molecule has 0 spiro atoms. The lowest BCUT2D eigenvalue weighted by Gasteiger charge is -2.13. The van der Waals surface area contributed by atoms with Crippen LogP contribution in [-0.4, -0.2) is 28.2 Å². The van der Waals surface area contributed by atoms with Crippen molar-refractivity contribution in [3.05, 3.63) is 18.2 Å². The van der Waals surface area contributed by atoms with Crippen LogP contribution in [0.4, 0.5) is 24.5 Å². The van der Waals surface area contributed by atoms with Gasteiger partial charge in [-0.15, -0.1) is 0 Å². The maximum atomic E-state index is 12.0. The summed E-state index contributed by atoms with van der Waals surface area (Å²) in [6.07, 6.45) is -4.75. The van der Waals surface area contributed by atoms with Crippen molar-refractivity contribution in [1.82, 2.24) is 4.72 Å². The normalized spacial score (nSPS) is 12.4. The molecule has 0 fully saturated rings. The topological polar surface area (TPSA) is 84.2 Å². The Labute approximate surface area is 121 Å². The fraction of sp³-hybridized carbons (Fsp3) is 0.500. The van der Waals surface area contributed by atoms with Crippen LogP contribution in [0.15, 0.2) is 23.1 Å². The predicted octanol–water partition coefficient (Wildman–Crippen LogP) is 2.32. The number of nitrogen functional groups attached to an aromatic ring is 1. The van der Waals surface area contributed by atoms with Crippen molar-refractivity contribution in [3.63, 3.8) is 0 Å². The Kier molecular flexibility index (Phi) is 5.85. The number of rotatable bonds is 7. The summed E-state index contributed by atoms with van der Waals surface area (Å²) in [6, 6.07) is 4.31. The fourth-order valence-corrected chi connectivity index (χ4v) is 2.63. The number of hydrogen-bond acceptors (Lipinski definition) is 4. The highest BCUT2D eigenvalue weighted by Gasteiger charge is 2.25. The lowest BCUT2D eigenvalue weighted by molar-refractivity contribution is -0.135. The van der Waals surface area contributed by atoms with E-state index in [-0.39, 0.29) is 30.0 Å². The van der Waals surface area contributed by atoms with E-state index in [4.69, 9.17) is 5.73 Å². The van der Waals surface area contributed by atoms with E-state index in [1.807, 2.05) is 0 Å². The van der Waals surface area contributed by atoms with E-state index >= 15 is 0 Å². The van der Waals surface area contributed by atoms with Crippen molar-refractivity contribution in [3.8, 4) is 0 Å². The van der Waals surface area contributed by atoms with Crippen LogP contribution < -0.4 is 15.8 Å². The molecule has 9 heteroatoms. The van der Waals surface area contributed by atoms with E-state index in [1.54, 1.807) is 0 Å². The Hall–Kier alpha value is -1.48. The second-order valence-electron chi connectivity index (χ2n) is 4.46. The molecule has 1 aromatic rings. The Balaban J connectivity index is 2.68. The Morgan fingerprint density at radius 2 is 1.90 bits per heavy atom. The Morgan fingerprint density at radius 3 is 2.48 bits per heavy atom. The van der Waals surface area contributed by atoms with E-state index in [2.05, 4.69) is 10.0 Å². The molecule has 0 aliphatic heterocycles. The summed E-state index contributed by atoms with van der Waals surface area (Å²) in [7, 11) is -2.42. The van der Waals surface area contributed by atoms with Crippen LogP contribution in [0.25, 0.3) is 0 Å². The molecule has 0 radical (unpaired) electrons. The first kappa shape index (κ1) is 17.6. The zero-order valence-electron chi connectivity index (χ0n) is 11.5. The summed E-state index contributed by atoms with van der Waals surface area (Å²) in [6.45, 7) is 0.242. The molecule has 0 unspecified atom stereocenters. The maximum absolute atomic E-state index is 12.0. The largest absolute Gasteiger partial charge is 0.399 e. The van der Waals surface area contributed by atoms with Gasteiger partial charge in [0.1, 0.15) is 4.90 Å². The number of benzene rings is 1. The monoisotopic (exact) mass is 325 g/mol. The highest BCUT2D eigenvalue weighted by atomic mass is 32.2. The Bertz CT molecular complexity index is 574. The van der Waals surface area contributed by atoms with E-state index in [0.29, 0.717) is 5.69 Å². The number of unbranched alkanes of at least 4 members (excludes halogenated alkanes) is 1. The summed E-state index contributed by atoms with van der Waals surface area (Å²) in [5.74, 6) is 0. The van der Waals surface area contributed by atoms with Gasteiger partial charge in [0.25, 0.3) is 0 Å². The molecular formula is C12H18F3N3O2S. The molecule has 0 atom stereocenters. The van der Waals surface area contributed by atoms with Gasteiger partial charge in [-0.25, -0.2) is 13.1 Å². The number of alkyl halides is 3. The van der Waals surface area contributed by atoms with Crippen LogP contribution in [0.5, 0.6) is 0 Å². The van der Waals surface area contributed by atoms with Crippen molar-refractivity contribution in [1.29, 1.82) is 0 Å². The van der Waals surface area contributed by atoms with Gasteiger partial charge in [0.05, 0.1) is 5.69 Å². The quantitative estimate of drug-likeness (QED) is 0.530. The third-order valence-electron chi connectivity index (χ3n) is 2.77. The number of hydrogen-bond donors (Lipinski definition) is 3. The second kappa shape index (κ2) is 6.99. The van der Waals surface area contributed by atoms with Gasteiger partial charge < -0.3 is 11.1 Å². The zero-order valence-corrected chi connectivity index (χ0v) is 12.3. The van der Waals surface area contributed by atoms with Crippen molar-refractivity contribution >= 4 is 21.4 Å². The molecule has 21 heavy (non-hydrogen) atoms. The molecule has 0 heterocycles. The second-order valence-corrected chi connectivity index (χ2v) is 6.32. The SMILES string of the molecule is CNS(=O)(=O)c1cc(N)ccc1NCCCCC(F)(F)F. The highest BCUT2D eigenvalue weighted by molar-refractivity contribution is 7.89. The van der Waals surface area contributed by atoms with Crippen LogP contribution in [0, 0.1) is 0 Å². The smallest absolute Gasteiger partial charge is 0.389 e. The first-order valence-electron chi connectivity index (χ1n) is 6.29. The molecule has 0 bridgehead atoms. The average Bonchev–Trinajstić information content (AvgIpc) is 2.38. The minimum Gasteiger partial charge on any atom is -0.399 e. The first-order chi connectivity index (χ1) is 9.65. The molecule has 4 N–H and O–H groups in total. The third kappa shape index (κ3) is 5.80. The summed E-state index contributed by atoms with van der Waals surface area (Å²) in [5, 5.41) is 2.83. The third-order valence-corrected chi connectivity index (χ3v) is 4.22. The van der Waals surface area contributed by atoms with E-state index in [0.717, 1.165) is 0 Å². The van der Waals surface area contributed by atoms with Crippen molar-refractivity contribution in [2.24, 2.45) is 0 Å². The molecule has 1 rings (SSSR count). The van der Waals surface area contributed by atoms with Gasteiger partial charge in [-0.2, -0.15) is 13.2 Å². The van der Waals surface area contributed by atoms with Crippen molar-refractivity contribution in [2.45, 2.75) is 30.3 Å². The first-order valence-corrected chi connectivity index (χ1v) is 7.78. The Morgan fingerprint density at radius 1 is 1.24 bits per heavy atom. The van der Waals surface area contributed by atoms with Gasteiger partial charge in [0, 0.05) is 18.7 Å². The molecule has 0 aliphatic rings. The standard InChI is InChI=1S/C12H18F3N3O2S/c1-17-21(19,20)11-8-9(16)4-5-10(11)18-7-3-2-6-12(13,14)15/h4-5,8,17-18H,2-3,6-7,16H2,1H3. The number of halogens is 3. The van der Waals surface area contributed by atoms with Gasteiger partial charge in [0.2, 0.25) is 10.0 Å². The number of sulfonamides is 1. The lowest BCUT2D eigenvalue weighted by Crippen LogP contribution is -2.20. The van der Waals surface area contributed by atoms with E-state index < -0.39 is 22.6 Å². The molecular weight excluding hydrogens is 307 g/mol. The van der Waals surface area contributed by atoms with Crippen molar-refractivity contribution in [2.75, 3.05) is 24.6 Å². The summed E-state index contributed by atoms with van der Waals surface area (Å²) in [4.78, 5) is -0.0270. The minimum absolute atomic E-state index is 0.0143. The molecule has 0 saturated carbocycles. The van der Waals surface area contributed by atoms with Crippen LogP contribution in [0.3, 0.4) is 0 Å². The summed E-state index contributed by atoms with van der Waals surface area (Å²) in [5.41, 5.74) is 6.15. The molecule has 120 valence electrons. The van der Waals surface area contributed by atoms with Gasteiger partial charge in [-0.05, 0) is 38.1 Å². The number of nitrogens with one attached hydrogen (secondary N) is 2. The summed E-state index contributed by atoms with van der Waals surface area (Å²) < 4.78 is 61.8. The van der Waals surface area contributed by atoms with E-state index in [9.17, 15) is 21.6 Å². The van der Waals surface area contributed by atoms with Gasteiger partial charge >= 0.3 is 6.18 Å². The van der Waals surface area contributed by atoms with Gasteiger partial charge in [0.15, 0.2) is 0 Å². The molecule has 5 nitrogen and oxygen atoms in total. The van der Waals surface area contributed by atoms with E-state index in [1.165, 1.54) is 25.2 Å².